The van der Waals surface area contributed by atoms with Gasteiger partial charge in [0.25, 0.3) is 0 Å². The molecule has 19 nitrogen and oxygen atoms in total. The van der Waals surface area contributed by atoms with Gasteiger partial charge in [0, 0.05) is 74.9 Å². The molecule has 3 amide bonds. The predicted octanol–water partition coefficient (Wildman–Crippen LogP) is 5.90. The minimum atomic E-state index is -0.870. The Morgan fingerprint density at radius 1 is 0.987 bits per heavy atom. The van der Waals surface area contributed by atoms with Gasteiger partial charge in [-0.1, -0.05) is 73.6 Å². The van der Waals surface area contributed by atoms with Crippen molar-refractivity contribution in [1.82, 2.24) is 54.9 Å². The average Bonchev–Trinajstić information content (AvgIpc) is 4.17. The van der Waals surface area contributed by atoms with Crippen molar-refractivity contribution in [2.75, 3.05) is 69.1 Å². The highest BCUT2D eigenvalue weighted by molar-refractivity contribution is 7.99. The Kier molecular flexibility index (Phi) is 17.4. The molecule has 0 bridgehead atoms. The number of nitrogens with one attached hydrogen (secondary N) is 2. The van der Waals surface area contributed by atoms with Gasteiger partial charge in [-0.25, -0.2) is 24.6 Å². The zero-order chi connectivity index (χ0) is 53.0. The van der Waals surface area contributed by atoms with Crippen molar-refractivity contribution in [3.05, 3.63) is 82.1 Å². The SMILES string of the molecule is Cc1cn([C@H](C(=O)N2C[C@H](O)C[C@H]2C(=O)N[C@@H](CN2CCC(C(=O)N3CCC(Nc4nccc(Sc5cnc(N6CCC(C)(CN)CC6)c(CO)n5)c4Cl)CC3)CC2)c2ccc(-c3scnc3C)cc2)C(C)C)nn1. The van der Waals surface area contributed by atoms with Crippen molar-refractivity contribution < 1.29 is 24.6 Å². The number of carbonyl (C=O) groups excluding carboxylic acids is 3. The van der Waals surface area contributed by atoms with E-state index >= 15 is 0 Å². The number of anilines is 2. The fourth-order valence-corrected chi connectivity index (χ4v) is 12.8. The molecule has 4 aliphatic rings. The van der Waals surface area contributed by atoms with Crippen LogP contribution in [-0.4, -0.2) is 155 Å². The Bertz CT molecular complexity index is 2770. The molecule has 9 rings (SSSR count). The highest BCUT2D eigenvalue weighted by Gasteiger charge is 2.44. The molecular formula is C53H71ClN14O5S2. The number of carbonyl (C=O) groups is 3. The highest BCUT2D eigenvalue weighted by atomic mass is 35.5. The van der Waals surface area contributed by atoms with E-state index in [9.17, 15) is 24.6 Å². The summed E-state index contributed by atoms with van der Waals surface area (Å²) in [6.45, 7) is 15.1. The summed E-state index contributed by atoms with van der Waals surface area (Å²) in [4.78, 5) is 71.1. The summed E-state index contributed by atoms with van der Waals surface area (Å²) in [6.07, 6.45) is 9.25. The number of β-amino-alcohol motifs (C(OH)–C–C–N with tert-alkyl or cyclic N) is 1. The van der Waals surface area contributed by atoms with Crippen molar-refractivity contribution in [1.29, 1.82) is 0 Å². The number of piperidine rings is 3. The van der Waals surface area contributed by atoms with E-state index in [4.69, 9.17) is 27.3 Å². The van der Waals surface area contributed by atoms with Crippen molar-refractivity contribution >= 4 is 64.1 Å². The number of nitrogens with two attached hydrogens (primary N) is 1. The van der Waals surface area contributed by atoms with E-state index in [0.29, 0.717) is 85.2 Å². The standard InChI is InChI=1S/C53H71ClN14O5S2/c1-32(2)46(68-26-33(3)62-63-68)52(73)67-27-39(70)24-42(67)50(71)61-40(35-6-8-36(9-7-35)47-34(4)58-31-74-47)28-64-18-11-37(12-19-64)51(72)66-20-13-38(14-21-66)59-48-45(54)43(10-17-56-48)75-44-25-57-49(41(29-69)60-44)65-22-15-53(5,30-55)16-23-65/h6-10,17,25-26,31-32,37-40,42,46,69-70H,11-16,18-24,27-30,55H2,1-5H3,(H,56,59)(H,61,71)/t39-,40+,42+,46+/m1/s1. The fourth-order valence-electron chi connectivity index (χ4n) is 10.9. The van der Waals surface area contributed by atoms with Crippen LogP contribution < -0.4 is 21.3 Å². The Labute approximate surface area is 452 Å². The number of aliphatic hydroxyl groups excluding tert-OH is 2. The van der Waals surface area contributed by atoms with Crippen LogP contribution in [0.1, 0.15) is 100 Å². The topological polar surface area (TPSA) is 237 Å². The lowest BCUT2D eigenvalue weighted by atomic mass is 9.80. The smallest absolute Gasteiger partial charge is 0.248 e. The summed E-state index contributed by atoms with van der Waals surface area (Å²) in [6, 6.07) is 8.14. The number of benzene rings is 1. The molecule has 0 aliphatic carbocycles. The maximum absolute atomic E-state index is 14.4. The molecule has 75 heavy (non-hydrogen) atoms. The van der Waals surface area contributed by atoms with Gasteiger partial charge >= 0.3 is 0 Å². The van der Waals surface area contributed by atoms with Gasteiger partial charge in [-0.15, -0.1) is 16.4 Å². The maximum Gasteiger partial charge on any atom is 0.248 e. The van der Waals surface area contributed by atoms with Crippen LogP contribution in [0.5, 0.6) is 0 Å². The molecule has 0 unspecified atom stereocenters. The number of thiazole rings is 1. The first-order valence-electron chi connectivity index (χ1n) is 26.3. The van der Waals surface area contributed by atoms with Crippen LogP contribution in [0.4, 0.5) is 11.6 Å². The second kappa shape index (κ2) is 23.9. The first kappa shape index (κ1) is 54.5. The zero-order valence-electron chi connectivity index (χ0n) is 43.6. The summed E-state index contributed by atoms with van der Waals surface area (Å²) in [5.74, 6) is 0.603. The second-order valence-electron chi connectivity index (χ2n) is 21.4. The number of nitrogens with zero attached hydrogens (tertiary/aromatic N) is 11. The molecule has 4 aromatic heterocycles. The van der Waals surface area contributed by atoms with Crippen LogP contribution in [0.15, 0.2) is 64.4 Å². The Morgan fingerprint density at radius 3 is 2.36 bits per heavy atom. The number of halogens is 1. The summed E-state index contributed by atoms with van der Waals surface area (Å²) in [7, 11) is 0. The molecule has 4 fully saturated rings. The van der Waals surface area contributed by atoms with Crippen molar-refractivity contribution in [2.45, 2.75) is 126 Å². The minimum absolute atomic E-state index is 0.0477. The molecule has 22 heteroatoms. The van der Waals surface area contributed by atoms with Crippen LogP contribution in [0.3, 0.4) is 0 Å². The van der Waals surface area contributed by atoms with E-state index in [1.54, 1.807) is 34.6 Å². The molecule has 1 aromatic carbocycles. The van der Waals surface area contributed by atoms with Gasteiger partial charge in [-0.3, -0.25) is 14.4 Å². The van der Waals surface area contributed by atoms with Crippen molar-refractivity contribution in [3.8, 4) is 10.4 Å². The quantitative estimate of drug-likeness (QED) is 0.0729. The van der Waals surface area contributed by atoms with E-state index in [2.05, 4.69) is 59.8 Å². The highest BCUT2D eigenvalue weighted by Crippen LogP contribution is 2.39. The van der Waals surface area contributed by atoms with Crippen LogP contribution >= 0.6 is 34.7 Å². The minimum Gasteiger partial charge on any atom is -0.391 e. The third-order valence-electron chi connectivity index (χ3n) is 15.6. The molecule has 6 N–H and O–H groups in total. The van der Waals surface area contributed by atoms with Crippen LogP contribution in [0.2, 0.25) is 5.02 Å². The number of aromatic nitrogens is 7. The second-order valence-corrected chi connectivity index (χ2v) is 23.7. The van der Waals surface area contributed by atoms with E-state index in [0.717, 1.165) is 65.4 Å². The molecule has 0 radical (unpaired) electrons. The van der Waals surface area contributed by atoms with E-state index in [-0.39, 0.29) is 60.6 Å². The molecule has 4 atom stereocenters. The normalized spacial score (nSPS) is 20.6. The number of hydrogen-bond acceptors (Lipinski definition) is 17. The Balaban J connectivity index is 0.794. The molecule has 8 heterocycles. The van der Waals surface area contributed by atoms with E-state index in [1.165, 1.54) is 16.7 Å². The molecular weight excluding hydrogens is 1010 g/mol. The van der Waals surface area contributed by atoms with Crippen LogP contribution in [0, 0.1) is 31.1 Å². The maximum atomic E-state index is 14.4. The third kappa shape index (κ3) is 12.6. The lowest BCUT2D eigenvalue weighted by Gasteiger charge is -2.39. The lowest BCUT2D eigenvalue weighted by Crippen LogP contribution is -2.51. The van der Waals surface area contributed by atoms with Gasteiger partial charge in [0.1, 0.15) is 28.6 Å². The molecule has 402 valence electrons. The van der Waals surface area contributed by atoms with E-state index in [1.807, 2.05) is 56.3 Å². The summed E-state index contributed by atoms with van der Waals surface area (Å²) in [5.41, 5.74) is 12.1. The Hall–Kier alpha value is -5.29. The number of likely N-dealkylation sites (tertiary alicyclic amines) is 3. The van der Waals surface area contributed by atoms with E-state index < -0.39 is 24.2 Å². The number of amides is 3. The van der Waals surface area contributed by atoms with Gasteiger partial charge in [0.05, 0.1) is 51.7 Å². The Morgan fingerprint density at radius 2 is 1.72 bits per heavy atom. The van der Waals surface area contributed by atoms with Crippen molar-refractivity contribution in [3.63, 3.8) is 0 Å². The summed E-state index contributed by atoms with van der Waals surface area (Å²) in [5, 5.41) is 37.4. The number of hydrogen-bond donors (Lipinski definition) is 5. The lowest BCUT2D eigenvalue weighted by molar-refractivity contribution is -0.142. The largest absolute Gasteiger partial charge is 0.391 e. The number of aryl methyl sites for hydroxylation is 2. The fraction of sp³-hybridized carbons (Fsp3) is 0.566. The third-order valence-corrected chi connectivity index (χ3v) is 18.0. The summed E-state index contributed by atoms with van der Waals surface area (Å²) < 4.78 is 1.56. The molecule has 4 saturated heterocycles. The van der Waals surface area contributed by atoms with Crippen molar-refractivity contribution in [2.24, 2.45) is 23.0 Å². The molecule has 0 spiro atoms. The molecule has 0 saturated carbocycles. The zero-order valence-corrected chi connectivity index (χ0v) is 46.0. The van der Waals surface area contributed by atoms with Crippen LogP contribution in [0.25, 0.3) is 10.4 Å². The average molecular weight is 1080 g/mol. The van der Waals surface area contributed by atoms with Gasteiger partial charge in [0.2, 0.25) is 17.7 Å². The summed E-state index contributed by atoms with van der Waals surface area (Å²) >= 11 is 9.93. The first-order chi connectivity index (χ1) is 36.1. The van der Waals surface area contributed by atoms with Gasteiger partial charge < -0.3 is 46.2 Å². The number of aliphatic hydroxyl groups is 2. The molecule has 5 aromatic rings. The van der Waals surface area contributed by atoms with Gasteiger partial charge in [-0.05, 0) is 101 Å². The molecule has 4 aliphatic heterocycles. The predicted molar refractivity (Wildman–Crippen MR) is 290 cm³/mol. The number of pyridine rings is 1. The first-order valence-corrected chi connectivity index (χ1v) is 28.4. The van der Waals surface area contributed by atoms with Gasteiger partial charge in [-0.2, -0.15) is 0 Å². The van der Waals surface area contributed by atoms with Crippen LogP contribution in [-0.2, 0) is 21.0 Å². The number of rotatable bonds is 17. The van der Waals surface area contributed by atoms with Gasteiger partial charge in [0.15, 0.2) is 5.82 Å². The monoisotopic (exact) mass is 1080 g/mol.